The molecule has 1 unspecified atom stereocenters. The average Bonchev–Trinajstić information content (AvgIpc) is 3.21. The van der Waals surface area contributed by atoms with Gasteiger partial charge in [0.1, 0.15) is 17.6 Å². The lowest BCUT2D eigenvalue weighted by Crippen LogP contribution is -2.32. The third-order valence-electron chi connectivity index (χ3n) is 5.02. The first-order chi connectivity index (χ1) is 16.0. The van der Waals surface area contributed by atoms with Gasteiger partial charge in [-0.3, -0.25) is 9.59 Å². The molecule has 4 aromatic rings. The second kappa shape index (κ2) is 9.84. The van der Waals surface area contributed by atoms with Gasteiger partial charge < -0.3 is 24.7 Å². The zero-order valence-corrected chi connectivity index (χ0v) is 18.8. The minimum Gasteiger partial charge on any atom is -0.497 e. The fourth-order valence-corrected chi connectivity index (χ4v) is 4.06. The number of aliphatic hydroxyl groups excluding tert-OH is 1. The van der Waals surface area contributed by atoms with E-state index in [1.54, 1.807) is 61.2 Å². The van der Waals surface area contributed by atoms with Crippen LogP contribution in [0, 0.1) is 0 Å². The number of aromatic nitrogens is 5. The van der Waals surface area contributed by atoms with Crippen molar-refractivity contribution in [1.82, 2.24) is 30.0 Å². The van der Waals surface area contributed by atoms with Crippen molar-refractivity contribution in [1.29, 1.82) is 0 Å². The number of nitrogens with one attached hydrogen (secondary N) is 2. The highest BCUT2D eigenvalue weighted by Crippen LogP contribution is 2.22. The number of hydrogen-bond acceptors (Lipinski definition) is 8. The smallest absolute Gasteiger partial charge is 0.258 e. The van der Waals surface area contributed by atoms with Crippen molar-refractivity contribution in [2.75, 3.05) is 13.7 Å². The van der Waals surface area contributed by atoms with Gasteiger partial charge in [0.15, 0.2) is 11.0 Å². The van der Waals surface area contributed by atoms with Crippen molar-refractivity contribution < 1.29 is 14.6 Å². The number of rotatable bonds is 8. The number of carbonyl (C=O) groups excluding carboxylic acids is 1. The Morgan fingerprint density at radius 2 is 1.97 bits per heavy atom. The van der Waals surface area contributed by atoms with Gasteiger partial charge in [-0.15, -0.1) is 10.2 Å². The fourth-order valence-electron chi connectivity index (χ4n) is 3.27. The lowest BCUT2D eigenvalue weighted by molar-refractivity contribution is 0.0912. The van der Waals surface area contributed by atoms with E-state index in [-0.39, 0.29) is 18.1 Å². The summed E-state index contributed by atoms with van der Waals surface area (Å²) >= 11 is 1.33. The summed E-state index contributed by atoms with van der Waals surface area (Å²) in [5.41, 5.74) is 0.853. The number of carbonyl (C=O) groups is 1. The first-order valence-electron chi connectivity index (χ1n) is 10.1. The van der Waals surface area contributed by atoms with Crippen LogP contribution in [0.1, 0.15) is 28.0 Å². The molecule has 0 saturated heterocycles. The Bertz CT molecular complexity index is 1330. The van der Waals surface area contributed by atoms with E-state index in [1.165, 1.54) is 11.8 Å². The van der Waals surface area contributed by atoms with Crippen LogP contribution in [0.4, 0.5) is 0 Å². The zero-order chi connectivity index (χ0) is 23.4. The molecule has 3 N–H and O–H groups in total. The molecule has 0 aliphatic carbocycles. The molecule has 2 aromatic carbocycles. The fraction of sp³-hybridized carbons (Fsp3) is 0.227. The van der Waals surface area contributed by atoms with Crippen LogP contribution < -0.4 is 15.6 Å². The lowest BCUT2D eigenvalue weighted by Gasteiger charge is -2.16. The summed E-state index contributed by atoms with van der Waals surface area (Å²) in [7, 11) is 3.30. The normalized spacial score (nSPS) is 12.0. The van der Waals surface area contributed by atoms with Crippen molar-refractivity contribution in [3.05, 3.63) is 76.1 Å². The van der Waals surface area contributed by atoms with E-state index in [0.29, 0.717) is 44.8 Å². The van der Waals surface area contributed by atoms with E-state index in [2.05, 4.69) is 25.5 Å². The third kappa shape index (κ3) is 4.89. The Morgan fingerprint density at radius 3 is 2.70 bits per heavy atom. The summed E-state index contributed by atoms with van der Waals surface area (Å²) in [5, 5.41) is 22.0. The average molecular weight is 467 g/mol. The van der Waals surface area contributed by atoms with Crippen LogP contribution in [0.5, 0.6) is 5.75 Å². The third-order valence-corrected chi connectivity index (χ3v) is 6.05. The highest BCUT2D eigenvalue weighted by atomic mass is 32.2. The predicted molar refractivity (Wildman–Crippen MR) is 123 cm³/mol. The van der Waals surface area contributed by atoms with Gasteiger partial charge >= 0.3 is 0 Å². The van der Waals surface area contributed by atoms with Gasteiger partial charge in [-0.05, 0) is 36.4 Å². The molecular formula is C22H22N6O4S. The van der Waals surface area contributed by atoms with Crippen molar-refractivity contribution >= 4 is 28.6 Å². The molecule has 0 saturated carbocycles. The molecule has 4 rings (SSSR count). The highest BCUT2D eigenvalue weighted by molar-refractivity contribution is 7.98. The number of para-hydroxylation sites is 1. The molecule has 0 aliphatic rings. The molecule has 170 valence electrons. The molecular weight excluding hydrogens is 444 g/mol. The molecule has 1 atom stereocenters. The SMILES string of the molecule is COc1ccc(C(=O)NC(CO)c2nnc(SCc3nc4ccccc4c(=O)[nH]3)n2C)cc1. The molecule has 1 amide bonds. The molecule has 2 aromatic heterocycles. The number of amides is 1. The maximum Gasteiger partial charge on any atom is 0.258 e. The summed E-state index contributed by atoms with van der Waals surface area (Å²) in [5.74, 6) is 1.57. The van der Waals surface area contributed by atoms with Crippen LogP contribution in [0.15, 0.2) is 58.5 Å². The number of aliphatic hydroxyl groups is 1. The van der Waals surface area contributed by atoms with Crippen molar-refractivity contribution in [2.24, 2.45) is 7.05 Å². The van der Waals surface area contributed by atoms with Crippen molar-refractivity contribution in [2.45, 2.75) is 17.0 Å². The maximum atomic E-state index is 12.6. The van der Waals surface area contributed by atoms with Gasteiger partial charge in [0.05, 0.1) is 30.4 Å². The molecule has 2 heterocycles. The number of hydrogen-bond donors (Lipinski definition) is 3. The van der Waals surface area contributed by atoms with Gasteiger partial charge in [0.2, 0.25) is 0 Å². The Kier molecular flexibility index (Phi) is 6.71. The second-order valence-electron chi connectivity index (χ2n) is 7.16. The van der Waals surface area contributed by atoms with Gasteiger partial charge in [-0.2, -0.15) is 0 Å². The first-order valence-corrected chi connectivity index (χ1v) is 11.0. The summed E-state index contributed by atoms with van der Waals surface area (Å²) in [6.45, 7) is -0.349. The Labute approximate surface area is 193 Å². The largest absolute Gasteiger partial charge is 0.497 e. The molecule has 10 nitrogen and oxygen atoms in total. The quantitative estimate of drug-likeness (QED) is 0.335. The molecule has 11 heteroatoms. The number of H-pyrrole nitrogens is 1. The summed E-state index contributed by atoms with van der Waals surface area (Å²) in [6, 6.07) is 13.0. The Balaban J connectivity index is 1.46. The molecule has 0 spiro atoms. The van der Waals surface area contributed by atoms with E-state index in [1.807, 2.05) is 6.07 Å². The number of ether oxygens (including phenoxy) is 1. The number of methoxy groups -OCH3 is 1. The number of fused-ring (bicyclic) bond motifs is 1. The first kappa shape index (κ1) is 22.5. The van der Waals surface area contributed by atoms with Crippen LogP contribution >= 0.6 is 11.8 Å². The monoisotopic (exact) mass is 466 g/mol. The van der Waals surface area contributed by atoms with E-state index in [4.69, 9.17) is 4.74 Å². The number of benzene rings is 2. The van der Waals surface area contributed by atoms with Crippen molar-refractivity contribution in [3.8, 4) is 5.75 Å². The van der Waals surface area contributed by atoms with Crippen LogP contribution in [-0.2, 0) is 12.8 Å². The van der Waals surface area contributed by atoms with E-state index >= 15 is 0 Å². The van der Waals surface area contributed by atoms with Gasteiger partial charge in [0.25, 0.3) is 11.5 Å². The van der Waals surface area contributed by atoms with Gasteiger partial charge in [-0.1, -0.05) is 23.9 Å². The lowest BCUT2D eigenvalue weighted by atomic mass is 10.2. The van der Waals surface area contributed by atoms with Crippen molar-refractivity contribution in [3.63, 3.8) is 0 Å². The van der Waals surface area contributed by atoms with Gasteiger partial charge in [0, 0.05) is 12.6 Å². The second-order valence-corrected chi connectivity index (χ2v) is 8.10. The number of nitrogens with zero attached hydrogens (tertiary/aromatic N) is 4. The highest BCUT2D eigenvalue weighted by Gasteiger charge is 2.22. The van der Waals surface area contributed by atoms with Crippen LogP contribution in [0.25, 0.3) is 10.9 Å². The molecule has 0 fully saturated rings. The van der Waals surface area contributed by atoms with E-state index < -0.39 is 6.04 Å². The van der Waals surface area contributed by atoms with E-state index in [0.717, 1.165) is 0 Å². The molecule has 33 heavy (non-hydrogen) atoms. The Hall–Kier alpha value is -3.70. The number of thioether (sulfide) groups is 1. The van der Waals surface area contributed by atoms with Crippen LogP contribution in [0.2, 0.25) is 0 Å². The van der Waals surface area contributed by atoms with Crippen LogP contribution in [0.3, 0.4) is 0 Å². The zero-order valence-electron chi connectivity index (χ0n) is 18.0. The number of aromatic amines is 1. The summed E-state index contributed by atoms with van der Waals surface area (Å²) in [6.07, 6.45) is 0. The summed E-state index contributed by atoms with van der Waals surface area (Å²) < 4.78 is 6.80. The molecule has 0 aliphatic heterocycles. The minimum atomic E-state index is -0.745. The van der Waals surface area contributed by atoms with Crippen LogP contribution in [-0.4, -0.2) is 49.5 Å². The standard InChI is InChI=1S/C22H22N6O4S/c1-28-19(17(11-29)24-20(30)13-7-9-14(32-2)10-8-13)26-27-22(28)33-12-18-23-16-6-4-3-5-15(16)21(31)25-18/h3-10,17,29H,11-12H2,1-2H3,(H,24,30)(H,23,25,31). The van der Waals surface area contributed by atoms with E-state index in [9.17, 15) is 14.7 Å². The molecule has 0 bridgehead atoms. The predicted octanol–water partition coefficient (Wildman–Crippen LogP) is 1.82. The summed E-state index contributed by atoms with van der Waals surface area (Å²) in [4.78, 5) is 32.1. The van der Waals surface area contributed by atoms with Gasteiger partial charge in [-0.25, -0.2) is 4.98 Å². The minimum absolute atomic E-state index is 0.198. The molecule has 0 radical (unpaired) electrons. The Morgan fingerprint density at radius 1 is 1.21 bits per heavy atom. The maximum absolute atomic E-state index is 12.6. The topological polar surface area (TPSA) is 135 Å².